The number of fused-ring (bicyclic) bond motifs is 4. The van der Waals surface area contributed by atoms with Gasteiger partial charge >= 0.3 is 0 Å². The third kappa shape index (κ3) is 15.1. The molecule has 0 saturated carbocycles. The SMILES string of the molecule is C=C1C[C@H]2C=Nc3cc(OCc4cc(C#CCNC(=O)CCOCCOCCOCCOCCNC(=O)CCN5C(=O)CC(SC)C5=O)cc(COc5cc6c(cc5C)C(=O)N5CC(=C)C[C@H]5C=N6)c4)c(C)cc3C(=O)N2C1. The van der Waals surface area contributed by atoms with Crippen molar-refractivity contribution in [3.63, 3.8) is 0 Å². The van der Waals surface area contributed by atoms with Gasteiger partial charge in [0.05, 0.1) is 99.2 Å². The van der Waals surface area contributed by atoms with E-state index < -0.39 is 0 Å². The van der Waals surface area contributed by atoms with Crippen molar-refractivity contribution in [3.05, 3.63) is 106 Å². The molecule has 3 aromatic rings. The van der Waals surface area contributed by atoms with Crippen LogP contribution in [0.1, 0.15) is 80.6 Å². The summed E-state index contributed by atoms with van der Waals surface area (Å²) in [6.07, 6.45) is 7.18. The fraction of sp³-hybridized carbons (Fsp3) is 0.448. The molecule has 2 N–H and O–H groups in total. The minimum absolute atomic E-state index is 0.0496. The number of carbonyl (C=O) groups excluding carboxylic acids is 6. The molecule has 8 rings (SSSR count). The van der Waals surface area contributed by atoms with Gasteiger partial charge in [0, 0.05) is 75.6 Å². The number of aryl methyl sites for hydroxylation is 2. The Morgan fingerprint density at radius 1 is 0.667 bits per heavy atom. The minimum atomic E-state index is -0.360. The third-order valence-electron chi connectivity index (χ3n) is 13.6. The van der Waals surface area contributed by atoms with Crippen LogP contribution in [0.2, 0.25) is 0 Å². The van der Waals surface area contributed by atoms with Crippen molar-refractivity contribution < 1.29 is 57.2 Å². The number of nitrogens with zero attached hydrogens (tertiary/aromatic N) is 5. The van der Waals surface area contributed by atoms with Crippen molar-refractivity contribution >= 4 is 71.0 Å². The molecule has 78 heavy (non-hydrogen) atoms. The van der Waals surface area contributed by atoms with Crippen molar-refractivity contribution in [3.8, 4) is 23.3 Å². The summed E-state index contributed by atoms with van der Waals surface area (Å²) < 4.78 is 34.9. The van der Waals surface area contributed by atoms with Gasteiger partial charge in [0.1, 0.15) is 24.7 Å². The molecule has 20 heteroatoms. The van der Waals surface area contributed by atoms with Gasteiger partial charge in [-0.15, -0.1) is 0 Å². The summed E-state index contributed by atoms with van der Waals surface area (Å²) in [6.45, 7) is 16.4. The number of ether oxygens (including phenoxy) is 6. The van der Waals surface area contributed by atoms with Gasteiger partial charge in [0.25, 0.3) is 11.8 Å². The Kier molecular flexibility index (Phi) is 20.1. The molecular formula is C58H67N7O12S. The molecule has 412 valence electrons. The highest BCUT2D eigenvalue weighted by Crippen LogP contribution is 2.37. The quantitative estimate of drug-likeness (QED) is 0.0449. The fourth-order valence-corrected chi connectivity index (χ4v) is 10.1. The summed E-state index contributed by atoms with van der Waals surface area (Å²) >= 11 is 1.34. The molecule has 0 radical (unpaired) electrons. The first kappa shape index (κ1) is 57.0. The molecule has 19 nitrogen and oxygen atoms in total. The van der Waals surface area contributed by atoms with Crippen LogP contribution in [-0.4, -0.2) is 172 Å². The monoisotopic (exact) mass is 1090 g/mol. The molecule has 0 aromatic heterocycles. The highest BCUT2D eigenvalue weighted by molar-refractivity contribution is 8.00. The standard InChI is InChI=1S/C58H67N7O12S/c1-37-21-44-31-61-48-28-50(39(3)23-46(48)56(69)64(44)33-37)76-35-42-25-41(26-43(27-42)36-77-51-29-49-47(24-40(51)4)57(70)65-34-38(2)22-45(65)32-62-49)7-6-10-59-54(67)9-13-72-15-17-74-19-20-75-18-16-73-14-11-60-53(66)8-12-63-55(68)30-52(78-5)58(63)71/h23-29,31-32,44-45,52H,1-2,8-22,30,33-36H2,3-5H3,(H,59,67)(H,60,66)/t44-,45-,52?/m0/s1. The van der Waals surface area contributed by atoms with E-state index in [1.54, 1.807) is 6.26 Å². The van der Waals surface area contributed by atoms with E-state index in [0.717, 1.165) is 38.3 Å². The second-order valence-corrected chi connectivity index (χ2v) is 20.6. The van der Waals surface area contributed by atoms with E-state index in [-0.39, 0.29) is 105 Å². The number of benzene rings is 3. The Morgan fingerprint density at radius 2 is 1.18 bits per heavy atom. The molecule has 5 aliphatic rings. The second-order valence-electron chi connectivity index (χ2n) is 19.5. The Hall–Kier alpha value is -7.15. The number of rotatable bonds is 26. The van der Waals surface area contributed by atoms with E-state index in [1.807, 2.05) is 78.5 Å². The second kappa shape index (κ2) is 27.4. The van der Waals surface area contributed by atoms with Crippen molar-refractivity contribution in [1.29, 1.82) is 0 Å². The molecule has 0 spiro atoms. The highest BCUT2D eigenvalue weighted by atomic mass is 32.2. The fourth-order valence-electron chi connectivity index (χ4n) is 9.50. The third-order valence-corrected chi connectivity index (χ3v) is 14.5. The molecule has 0 aliphatic carbocycles. The lowest BCUT2D eigenvalue weighted by Gasteiger charge is -2.20. The summed E-state index contributed by atoms with van der Waals surface area (Å²) in [5, 5.41) is 5.19. The lowest BCUT2D eigenvalue weighted by atomic mass is 10.1. The molecule has 3 aromatic carbocycles. The van der Waals surface area contributed by atoms with Gasteiger partial charge in [-0.1, -0.05) is 36.1 Å². The number of nitrogens with one attached hydrogen (secondary N) is 2. The van der Waals surface area contributed by atoms with Crippen molar-refractivity contribution in [2.24, 2.45) is 9.98 Å². The minimum Gasteiger partial charge on any atom is -0.489 e. The Bertz CT molecular complexity index is 2800. The summed E-state index contributed by atoms with van der Waals surface area (Å²) in [6, 6.07) is 12.9. The lowest BCUT2D eigenvalue weighted by Crippen LogP contribution is -2.36. The number of likely N-dealkylation sites (tertiary alicyclic amines) is 1. The van der Waals surface area contributed by atoms with Gasteiger partial charge in [-0.25, -0.2) is 0 Å². The number of hydrogen-bond acceptors (Lipinski definition) is 15. The average Bonchev–Trinajstić information content (AvgIpc) is 4.12. The molecule has 6 amide bonds. The Balaban J connectivity index is 0.757. The van der Waals surface area contributed by atoms with Gasteiger partial charge in [0.15, 0.2) is 0 Å². The number of carbonyl (C=O) groups is 6. The summed E-state index contributed by atoms with van der Waals surface area (Å²) in [4.78, 5) is 90.1. The Labute approximate surface area is 459 Å². The van der Waals surface area contributed by atoms with Crippen molar-refractivity contribution in [2.45, 2.75) is 76.5 Å². The normalized spacial score (nSPS) is 18.3. The molecule has 3 atom stereocenters. The van der Waals surface area contributed by atoms with E-state index in [9.17, 15) is 28.8 Å². The molecular weight excluding hydrogens is 1020 g/mol. The number of thioether (sulfide) groups is 1. The predicted octanol–water partition coefficient (Wildman–Crippen LogP) is 5.36. The number of imide groups is 1. The Morgan fingerprint density at radius 3 is 1.71 bits per heavy atom. The first-order chi connectivity index (χ1) is 37.7. The number of amides is 6. The molecule has 0 bridgehead atoms. The summed E-state index contributed by atoms with van der Waals surface area (Å²) in [5.41, 5.74) is 8.10. The lowest BCUT2D eigenvalue weighted by molar-refractivity contribution is -0.138. The molecule has 5 heterocycles. The van der Waals surface area contributed by atoms with Crippen LogP contribution in [-0.2, 0) is 51.3 Å². The predicted molar refractivity (Wildman–Crippen MR) is 295 cm³/mol. The van der Waals surface area contributed by atoms with Crippen molar-refractivity contribution in [2.75, 3.05) is 91.8 Å². The molecule has 3 saturated heterocycles. The first-order valence-electron chi connectivity index (χ1n) is 26.2. The van der Waals surface area contributed by atoms with E-state index in [0.29, 0.717) is 118 Å². The number of aliphatic imine (C=N–C) groups is 2. The average molecular weight is 1090 g/mol. The highest BCUT2D eigenvalue weighted by Gasteiger charge is 2.38. The van der Waals surface area contributed by atoms with Gasteiger partial charge in [-0.05, 0) is 85.5 Å². The van der Waals surface area contributed by atoms with Crippen LogP contribution in [0.15, 0.2) is 76.8 Å². The van der Waals surface area contributed by atoms with E-state index in [4.69, 9.17) is 38.4 Å². The van der Waals surface area contributed by atoms with Gasteiger partial charge in [0.2, 0.25) is 23.6 Å². The van der Waals surface area contributed by atoms with E-state index >= 15 is 0 Å². The van der Waals surface area contributed by atoms with Crippen LogP contribution in [0.5, 0.6) is 11.5 Å². The number of hydrogen-bond donors (Lipinski definition) is 2. The smallest absolute Gasteiger partial charge is 0.256 e. The van der Waals surface area contributed by atoms with Crippen LogP contribution < -0.4 is 20.1 Å². The van der Waals surface area contributed by atoms with Gasteiger partial charge in [-0.2, -0.15) is 11.8 Å². The van der Waals surface area contributed by atoms with Gasteiger partial charge < -0.3 is 48.9 Å². The zero-order chi connectivity index (χ0) is 55.1. The molecule has 1 unspecified atom stereocenters. The van der Waals surface area contributed by atoms with Crippen molar-refractivity contribution in [1.82, 2.24) is 25.3 Å². The maximum atomic E-state index is 13.5. The maximum Gasteiger partial charge on any atom is 0.256 e. The van der Waals surface area contributed by atoms with E-state index in [1.165, 1.54) is 11.8 Å². The first-order valence-corrected chi connectivity index (χ1v) is 27.4. The van der Waals surface area contributed by atoms with Crippen LogP contribution in [0.25, 0.3) is 0 Å². The summed E-state index contributed by atoms with van der Waals surface area (Å²) in [7, 11) is 0. The molecule has 3 fully saturated rings. The van der Waals surface area contributed by atoms with Crippen LogP contribution in [0.3, 0.4) is 0 Å². The summed E-state index contributed by atoms with van der Waals surface area (Å²) in [5.74, 6) is 6.34. The maximum absolute atomic E-state index is 13.5. The zero-order valence-electron chi connectivity index (χ0n) is 44.5. The van der Waals surface area contributed by atoms with E-state index in [2.05, 4.69) is 35.6 Å². The van der Waals surface area contributed by atoms with Crippen LogP contribution in [0.4, 0.5) is 11.4 Å². The largest absolute Gasteiger partial charge is 0.489 e. The van der Waals surface area contributed by atoms with Crippen LogP contribution in [0, 0.1) is 25.7 Å². The van der Waals surface area contributed by atoms with Gasteiger partial charge in [-0.3, -0.25) is 43.7 Å². The zero-order valence-corrected chi connectivity index (χ0v) is 45.3. The van der Waals surface area contributed by atoms with Crippen LogP contribution >= 0.6 is 11.8 Å². The topological polar surface area (TPSA) is 216 Å². The molecule has 5 aliphatic heterocycles.